The van der Waals surface area contributed by atoms with Crippen molar-refractivity contribution in [3.63, 3.8) is 0 Å². The first-order valence-electron chi connectivity index (χ1n) is 6.66. The molecule has 3 rings (SSSR count). The van der Waals surface area contributed by atoms with Gasteiger partial charge in [-0.25, -0.2) is 0 Å². The van der Waals surface area contributed by atoms with Crippen LogP contribution in [0.25, 0.3) is 11.0 Å². The van der Waals surface area contributed by atoms with Gasteiger partial charge in [-0.2, -0.15) is 8.75 Å². The summed E-state index contributed by atoms with van der Waals surface area (Å²) in [7, 11) is 0. The second-order valence-electron chi connectivity index (χ2n) is 4.72. The lowest BCUT2D eigenvalue weighted by Gasteiger charge is -2.20. The normalized spacial score (nSPS) is 12.5. The Balaban J connectivity index is 2.02. The molecule has 0 aliphatic heterocycles. The highest BCUT2D eigenvalue weighted by Gasteiger charge is 2.17. The number of para-hydroxylation sites is 1. The van der Waals surface area contributed by atoms with E-state index in [1.807, 2.05) is 30.3 Å². The Morgan fingerprint density at radius 2 is 2.05 bits per heavy atom. The number of anilines is 1. The summed E-state index contributed by atoms with van der Waals surface area (Å²) in [6.07, 6.45) is 0.807. The van der Waals surface area contributed by atoms with E-state index in [1.165, 1.54) is 0 Å². The van der Waals surface area contributed by atoms with Crippen LogP contribution in [-0.4, -0.2) is 13.9 Å². The van der Waals surface area contributed by atoms with E-state index < -0.39 is 0 Å². The van der Waals surface area contributed by atoms with E-state index in [0.717, 1.165) is 40.4 Å². The highest BCUT2D eigenvalue weighted by atomic mass is 35.5. The summed E-state index contributed by atoms with van der Waals surface area (Å²) in [5.41, 5.74) is 3.19. The van der Waals surface area contributed by atoms with Crippen molar-refractivity contribution < 1.29 is 5.11 Å². The number of phenolic OH excluding ortho intramolecular Hbond substituents is 1. The van der Waals surface area contributed by atoms with E-state index in [4.69, 9.17) is 11.6 Å². The molecule has 0 saturated carbocycles. The Hall–Kier alpha value is -1.85. The number of aromatic nitrogens is 2. The van der Waals surface area contributed by atoms with Crippen LogP contribution in [0.5, 0.6) is 5.75 Å². The van der Waals surface area contributed by atoms with Gasteiger partial charge in [0.25, 0.3) is 0 Å². The topological polar surface area (TPSA) is 58.0 Å². The minimum absolute atomic E-state index is 0.0454. The maximum absolute atomic E-state index is 10.0. The summed E-state index contributed by atoms with van der Waals surface area (Å²) < 4.78 is 8.53. The molecule has 108 valence electrons. The molecule has 3 aromatic rings. The van der Waals surface area contributed by atoms with E-state index in [2.05, 4.69) is 21.0 Å². The fourth-order valence-corrected chi connectivity index (χ4v) is 3.07. The predicted molar refractivity (Wildman–Crippen MR) is 87.2 cm³/mol. The molecule has 4 nitrogen and oxygen atoms in total. The lowest BCUT2D eigenvalue weighted by Crippen LogP contribution is -2.10. The molecule has 1 atom stereocenters. The van der Waals surface area contributed by atoms with E-state index in [-0.39, 0.29) is 11.8 Å². The smallest absolute Gasteiger partial charge is 0.129 e. The van der Waals surface area contributed by atoms with Crippen molar-refractivity contribution in [1.29, 1.82) is 0 Å². The van der Waals surface area contributed by atoms with Crippen LogP contribution >= 0.6 is 23.3 Å². The number of phenols is 1. The third-order valence-corrected chi connectivity index (χ3v) is 4.27. The number of nitrogens with zero attached hydrogens (tertiary/aromatic N) is 2. The highest BCUT2D eigenvalue weighted by molar-refractivity contribution is 7.00. The zero-order valence-corrected chi connectivity index (χ0v) is 12.9. The Bertz CT molecular complexity index is 774. The molecule has 0 aliphatic carbocycles. The van der Waals surface area contributed by atoms with Crippen LogP contribution in [0.15, 0.2) is 36.4 Å². The second kappa shape index (κ2) is 5.87. The number of hydrogen-bond acceptors (Lipinski definition) is 5. The first-order valence-corrected chi connectivity index (χ1v) is 7.76. The molecule has 0 spiro atoms. The quantitative estimate of drug-likeness (QED) is 0.737. The third kappa shape index (κ3) is 2.66. The fraction of sp³-hybridized carbons (Fsp3) is 0.200. The summed E-state index contributed by atoms with van der Waals surface area (Å²) in [5, 5.41) is 14.0. The number of halogens is 1. The molecule has 0 aliphatic rings. The molecule has 1 unspecified atom stereocenters. The summed E-state index contributed by atoms with van der Waals surface area (Å²) in [6, 6.07) is 10.9. The molecule has 21 heavy (non-hydrogen) atoms. The minimum atomic E-state index is -0.0454. The molecule has 2 N–H and O–H groups in total. The Morgan fingerprint density at radius 3 is 2.81 bits per heavy atom. The van der Waals surface area contributed by atoms with Crippen molar-refractivity contribution >= 4 is 40.0 Å². The van der Waals surface area contributed by atoms with Crippen molar-refractivity contribution in [3.05, 3.63) is 47.0 Å². The van der Waals surface area contributed by atoms with Crippen molar-refractivity contribution in [2.45, 2.75) is 19.4 Å². The van der Waals surface area contributed by atoms with Crippen molar-refractivity contribution in [3.8, 4) is 5.75 Å². The summed E-state index contributed by atoms with van der Waals surface area (Å²) >= 11 is 7.46. The molecule has 0 bridgehead atoms. The summed E-state index contributed by atoms with van der Waals surface area (Å²) in [6.45, 7) is 2.05. The molecule has 6 heteroatoms. The van der Waals surface area contributed by atoms with Gasteiger partial charge in [-0.1, -0.05) is 36.7 Å². The van der Waals surface area contributed by atoms with E-state index >= 15 is 0 Å². The van der Waals surface area contributed by atoms with E-state index in [1.54, 1.807) is 6.07 Å². The van der Waals surface area contributed by atoms with Gasteiger partial charge in [0.05, 0.1) is 28.5 Å². The standard InChI is InChI=1S/C15H14ClN3OS/c1-2-11(9-5-3-4-6-13(9)20)17-14-10(16)7-8-12-15(14)19-21-18-12/h3-8,11,17,20H,2H2,1H3. The van der Waals surface area contributed by atoms with Gasteiger partial charge >= 0.3 is 0 Å². The van der Waals surface area contributed by atoms with Crippen LogP contribution in [0.4, 0.5) is 5.69 Å². The van der Waals surface area contributed by atoms with Crippen LogP contribution < -0.4 is 5.32 Å². The van der Waals surface area contributed by atoms with E-state index in [0.29, 0.717) is 5.02 Å². The largest absolute Gasteiger partial charge is 0.508 e. The van der Waals surface area contributed by atoms with Gasteiger partial charge in [0.2, 0.25) is 0 Å². The van der Waals surface area contributed by atoms with Crippen LogP contribution in [0.2, 0.25) is 5.02 Å². The molecular weight excluding hydrogens is 306 g/mol. The van der Waals surface area contributed by atoms with Crippen molar-refractivity contribution in [1.82, 2.24) is 8.75 Å². The molecule has 1 heterocycles. The van der Waals surface area contributed by atoms with Gasteiger partial charge in [0.1, 0.15) is 16.8 Å². The Labute approximate surface area is 131 Å². The number of benzene rings is 2. The molecular formula is C15H14ClN3OS. The average molecular weight is 320 g/mol. The maximum atomic E-state index is 10.0. The lowest BCUT2D eigenvalue weighted by molar-refractivity contribution is 0.463. The lowest BCUT2D eigenvalue weighted by atomic mass is 10.0. The molecule has 1 aromatic heterocycles. The number of fused-ring (bicyclic) bond motifs is 1. The Kier molecular flexibility index (Phi) is 3.94. The highest BCUT2D eigenvalue weighted by Crippen LogP contribution is 2.35. The number of rotatable bonds is 4. The van der Waals surface area contributed by atoms with Crippen molar-refractivity contribution in [2.24, 2.45) is 0 Å². The van der Waals surface area contributed by atoms with Crippen molar-refractivity contribution in [2.75, 3.05) is 5.32 Å². The third-order valence-electron chi connectivity index (χ3n) is 3.42. The van der Waals surface area contributed by atoms with Gasteiger partial charge in [-0.05, 0) is 24.6 Å². The first kappa shape index (κ1) is 14.1. The van der Waals surface area contributed by atoms with E-state index in [9.17, 15) is 5.11 Å². The number of hydrogen-bond donors (Lipinski definition) is 2. The van der Waals surface area contributed by atoms with Crippen LogP contribution in [0.1, 0.15) is 24.9 Å². The van der Waals surface area contributed by atoms with Crippen LogP contribution in [0.3, 0.4) is 0 Å². The van der Waals surface area contributed by atoms with Crippen LogP contribution in [0, 0.1) is 0 Å². The van der Waals surface area contributed by atoms with Gasteiger partial charge in [-0.15, -0.1) is 0 Å². The minimum Gasteiger partial charge on any atom is -0.508 e. The monoisotopic (exact) mass is 319 g/mol. The summed E-state index contributed by atoms with van der Waals surface area (Å²) in [5.74, 6) is 0.275. The fourth-order valence-electron chi connectivity index (χ4n) is 2.32. The maximum Gasteiger partial charge on any atom is 0.129 e. The number of nitrogens with one attached hydrogen (secondary N) is 1. The van der Waals surface area contributed by atoms with Crippen LogP contribution in [-0.2, 0) is 0 Å². The molecule has 0 fully saturated rings. The molecule has 2 aromatic carbocycles. The zero-order chi connectivity index (χ0) is 14.8. The molecule has 0 amide bonds. The first-order chi connectivity index (χ1) is 10.2. The van der Waals surface area contributed by atoms with Gasteiger partial charge < -0.3 is 10.4 Å². The average Bonchev–Trinajstić information content (AvgIpc) is 2.96. The molecule has 0 radical (unpaired) electrons. The Morgan fingerprint density at radius 1 is 1.24 bits per heavy atom. The zero-order valence-electron chi connectivity index (χ0n) is 11.4. The molecule has 0 saturated heterocycles. The van der Waals surface area contributed by atoms with Gasteiger partial charge in [-0.3, -0.25) is 0 Å². The van der Waals surface area contributed by atoms with Gasteiger partial charge in [0, 0.05) is 5.56 Å². The summed E-state index contributed by atoms with van der Waals surface area (Å²) in [4.78, 5) is 0. The predicted octanol–water partition coefficient (Wildman–Crippen LogP) is 4.61. The second-order valence-corrected chi connectivity index (χ2v) is 5.65. The van der Waals surface area contributed by atoms with Gasteiger partial charge in [0.15, 0.2) is 0 Å². The SMILES string of the molecule is CCC(Nc1c(Cl)ccc2nsnc12)c1ccccc1O. The number of aromatic hydroxyl groups is 1.